The van der Waals surface area contributed by atoms with E-state index in [-0.39, 0.29) is 12.2 Å². The van der Waals surface area contributed by atoms with Gasteiger partial charge in [-0.25, -0.2) is 4.39 Å². The summed E-state index contributed by atoms with van der Waals surface area (Å²) < 4.78 is 13.6. The van der Waals surface area contributed by atoms with Gasteiger partial charge >= 0.3 is 0 Å². The molecule has 2 nitrogen and oxygen atoms in total. The van der Waals surface area contributed by atoms with Crippen LogP contribution in [0.5, 0.6) is 0 Å². The van der Waals surface area contributed by atoms with E-state index in [2.05, 4.69) is 15.9 Å². The van der Waals surface area contributed by atoms with E-state index >= 15 is 0 Å². The van der Waals surface area contributed by atoms with Gasteiger partial charge in [0.15, 0.2) is 0 Å². The minimum atomic E-state index is -0.802. The number of aryl methyl sites for hydroxylation is 1. The van der Waals surface area contributed by atoms with E-state index in [1.165, 1.54) is 6.07 Å². The van der Waals surface area contributed by atoms with Crippen molar-refractivity contribution in [2.75, 3.05) is 0 Å². The van der Waals surface area contributed by atoms with Crippen molar-refractivity contribution in [3.63, 3.8) is 0 Å². The van der Waals surface area contributed by atoms with Crippen LogP contribution in [0.25, 0.3) is 0 Å². The van der Waals surface area contributed by atoms with Gasteiger partial charge in [0.2, 0.25) is 5.91 Å². The van der Waals surface area contributed by atoms with Crippen LogP contribution in [0.15, 0.2) is 16.6 Å². The van der Waals surface area contributed by atoms with Gasteiger partial charge in [0.25, 0.3) is 0 Å². The number of hydrogen-bond donors (Lipinski definition) is 1. The van der Waals surface area contributed by atoms with Crippen molar-refractivity contribution in [1.29, 1.82) is 0 Å². The third-order valence-electron chi connectivity index (χ3n) is 2.09. The lowest BCUT2D eigenvalue weighted by Crippen LogP contribution is -2.25. The van der Waals surface area contributed by atoms with Crippen LogP contribution in [0.4, 0.5) is 4.39 Å². The molecular weight excluding hydrogens is 284 g/mol. The van der Waals surface area contributed by atoms with Crippen LogP contribution < -0.4 is 5.73 Å². The first kappa shape index (κ1) is 12.5. The normalized spacial score (nSPS) is 12.5. The Bertz CT molecular complexity index is 397. The molecule has 0 aromatic heterocycles. The van der Waals surface area contributed by atoms with Crippen molar-refractivity contribution < 1.29 is 9.18 Å². The SMILES string of the molecule is Cc1cc(Br)c(F)cc1CC(Cl)C(N)=O. The van der Waals surface area contributed by atoms with Crippen molar-refractivity contribution in [2.24, 2.45) is 5.73 Å². The summed E-state index contributed by atoms with van der Waals surface area (Å²) in [6.07, 6.45) is 0.243. The summed E-state index contributed by atoms with van der Waals surface area (Å²) in [6, 6.07) is 3.01. The Morgan fingerprint density at radius 2 is 2.27 bits per heavy atom. The van der Waals surface area contributed by atoms with E-state index in [1.54, 1.807) is 6.07 Å². The molecule has 2 N–H and O–H groups in total. The Labute approximate surface area is 101 Å². The third kappa shape index (κ3) is 3.18. The van der Waals surface area contributed by atoms with E-state index in [0.29, 0.717) is 10.0 Å². The summed E-state index contributed by atoms with van der Waals surface area (Å²) in [4.78, 5) is 10.8. The van der Waals surface area contributed by atoms with Gasteiger partial charge in [-0.05, 0) is 52.5 Å². The molecule has 0 fully saturated rings. The fraction of sp³-hybridized carbons (Fsp3) is 0.300. The lowest BCUT2D eigenvalue weighted by atomic mass is 10.0. The monoisotopic (exact) mass is 293 g/mol. The Morgan fingerprint density at radius 1 is 1.67 bits per heavy atom. The second-order valence-electron chi connectivity index (χ2n) is 3.27. The highest BCUT2D eigenvalue weighted by Gasteiger charge is 2.14. The Hall–Kier alpha value is -0.610. The van der Waals surface area contributed by atoms with Crippen molar-refractivity contribution in [2.45, 2.75) is 18.7 Å². The predicted molar refractivity (Wildman–Crippen MR) is 61.4 cm³/mol. The molecule has 1 rings (SSSR count). The van der Waals surface area contributed by atoms with Crippen LogP contribution in [0, 0.1) is 12.7 Å². The van der Waals surface area contributed by atoms with Crippen molar-refractivity contribution in [1.82, 2.24) is 0 Å². The number of nitrogens with two attached hydrogens (primary N) is 1. The predicted octanol–water partition coefficient (Wildman–Crippen LogP) is 2.53. The fourth-order valence-corrected chi connectivity index (χ4v) is 1.83. The van der Waals surface area contributed by atoms with Gasteiger partial charge in [-0.2, -0.15) is 0 Å². The van der Waals surface area contributed by atoms with Crippen LogP contribution in [-0.2, 0) is 11.2 Å². The second kappa shape index (κ2) is 4.94. The molecular formula is C10H10BrClFNO. The van der Waals surface area contributed by atoms with E-state index < -0.39 is 11.3 Å². The van der Waals surface area contributed by atoms with Gasteiger partial charge in [-0.15, -0.1) is 11.6 Å². The number of amides is 1. The van der Waals surface area contributed by atoms with E-state index in [0.717, 1.165) is 5.56 Å². The number of primary amides is 1. The molecule has 0 aliphatic heterocycles. The molecule has 0 saturated carbocycles. The molecule has 0 bridgehead atoms. The number of hydrogen-bond acceptors (Lipinski definition) is 1. The molecule has 0 aliphatic rings. The first-order valence-corrected chi connectivity index (χ1v) is 5.52. The van der Waals surface area contributed by atoms with Gasteiger partial charge in [0.1, 0.15) is 11.2 Å². The maximum Gasteiger partial charge on any atom is 0.235 e. The Balaban J connectivity index is 2.95. The standard InChI is InChI=1S/C10H10BrClFNO/c1-5-2-7(11)9(13)4-6(5)3-8(12)10(14)15/h2,4,8H,3H2,1H3,(H2,14,15). The number of carbonyl (C=O) groups is 1. The molecule has 1 atom stereocenters. The quantitative estimate of drug-likeness (QED) is 0.855. The fourth-order valence-electron chi connectivity index (χ4n) is 1.20. The molecule has 1 amide bonds. The van der Waals surface area contributed by atoms with Crippen LogP contribution in [0.3, 0.4) is 0 Å². The highest BCUT2D eigenvalue weighted by atomic mass is 79.9. The summed E-state index contributed by atoms with van der Waals surface area (Å²) in [5, 5.41) is -0.802. The van der Waals surface area contributed by atoms with Gasteiger partial charge in [-0.3, -0.25) is 4.79 Å². The van der Waals surface area contributed by atoms with E-state index in [1.807, 2.05) is 6.92 Å². The average Bonchev–Trinajstić information content (AvgIpc) is 2.13. The molecule has 1 aromatic carbocycles. The average molecular weight is 295 g/mol. The van der Waals surface area contributed by atoms with Crippen molar-refractivity contribution in [3.05, 3.63) is 33.5 Å². The summed E-state index contributed by atoms with van der Waals surface area (Å²) in [5.41, 5.74) is 6.59. The number of carbonyl (C=O) groups excluding carboxylic acids is 1. The number of benzene rings is 1. The number of alkyl halides is 1. The maximum atomic E-state index is 13.2. The highest BCUT2D eigenvalue weighted by Crippen LogP contribution is 2.22. The molecule has 15 heavy (non-hydrogen) atoms. The zero-order valence-electron chi connectivity index (χ0n) is 8.06. The van der Waals surface area contributed by atoms with Crippen molar-refractivity contribution >= 4 is 33.4 Å². The van der Waals surface area contributed by atoms with Crippen LogP contribution in [0.2, 0.25) is 0 Å². The van der Waals surface area contributed by atoms with Crippen LogP contribution in [0.1, 0.15) is 11.1 Å². The molecule has 0 spiro atoms. The molecule has 0 saturated heterocycles. The zero-order valence-corrected chi connectivity index (χ0v) is 10.4. The van der Waals surface area contributed by atoms with Crippen molar-refractivity contribution in [3.8, 4) is 0 Å². The third-order valence-corrected chi connectivity index (χ3v) is 3.06. The lowest BCUT2D eigenvalue weighted by molar-refractivity contribution is -0.117. The second-order valence-corrected chi connectivity index (χ2v) is 4.65. The van der Waals surface area contributed by atoms with Gasteiger partial charge < -0.3 is 5.73 Å². The molecule has 1 aromatic rings. The summed E-state index contributed by atoms with van der Waals surface area (Å²) >= 11 is 8.78. The highest BCUT2D eigenvalue weighted by molar-refractivity contribution is 9.10. The smallest absolute Gasteiger partial charge is 0.235 e. The lowest BCUT2D eigenvalue weighted by Gasteiger charge is -2.09. The summed E-state index contributed by atoms with van der Waals surface area (Å²) in [5.74, 6) is -0.969. The van der Waals surface area contributed by atoms with Gasteiger partial charge in [0, 0.05) is 0 Å². The molecule has 0 radical (unpaired) electrons. The minimum absolute atomic E-state index is 0.243. The topological polar surface area (TPSA) is 43.1 Å². The van der Waals surface area contributed by atoms with Gasteiger partial charge in [-0.1, -0.05) is 0 Å². The Kier molecular flexibility index (Phi) is 4.11. The van der Waals surface area contributed by atoms with Gasteiger partial charge in [0.05, 0.1) is 4.47 Å². The number of halogens is 3. The molecule has 82 valence electrons. The molecule has 0 aliphatic carbocycles. The van der Waals surface area contributed by atoms with Crippen LogP contribution in [-0.4, -0.2) is 11.3 Å². The number of rotatable bonds is 3. The summed E-state index contributed by atoms with van der Waals surface area (Å²) in [6.45, 7) is 1.82. The summed E-state index contributed by atoms with van der Waals surface area (Å²) in [7, 11) is 0. The molecule has 0 heterocycles. The largest absolute Gasteiger partial charge is 0.368 e. The minimum Gasteiger partial charge on any atom is -0.368 e. The van der Waals surface area contributed by atoms with E-state index in [9.17, 15) is 9.18 Å². The zero-order chi connectivity index (χ0) is 11.6. The first-order valence-electron chi connectivity index (χ1n) is 4.29. The Morgan fingerprint density at radius 3 is 2.80 bits per heavy atom. The first-order chi connectivity index (χ1) is 6.91. The van der Waals surface area contributed by atoms with E-state index in [4.69, 9.17) is 17.3 Å². The maximum absolute atomic E-state index is 13.2. The molecule has 5 heteroatoms. The molecule has 1 unspecified atom stereocenters. The van der Waals surface area contributed by atoms with Crippen LogP contribution >= 0.6 is 27.5 Å².